The van der Waals surface area contributed by atoms with Crippen LogP contribution < -0.4 is 0 Å². The van der Waals surface area contributed by atoms with Gasteiger partial charge in [0, 0.05) is 58.8 Å². The van der Waals surface area contributed by atoms with E-state index in [-0.39, 0.29) is 0 Å². The lowest BCUT2D eigenvalue weighted by molar-refractivity contribution is 1.06. The Hall–Kier alpha value is -7.21. The number of nitrogens with zero attached hydrogens (tertiary/aromatic N) is 4. The number of aromatic nitrogens is 4. The van der Waals surface area contributed by atoms with E-state index < -0.39 is 0 Å². The second-order valence-electron chi connectivity index (χ2n) is 14.0. The molecule has 0 unspecified atom stereocenters. The van der Waals surface area contributed by atoms with Gasteiger partial charge >= 0.3 is 0 Å². The fraction of sp³-hybridized carbons (Fsp3) is 0. The predicted molar refractivity (Wildman–Crippen MR) is 234 cm³/mol. The molecule has 0 saturated heterocycles. The maximum Gasteiger partial charge on any atom is 0.166 e. The molecule has 0 aliphatic rings. The average Bonchev–Trinajstić information content (AvgIpc) is 3.82. The molecule has 0 bridgehead atoms. The zero-order chi connectivity index (χ0) is 37.0. The lowest BCUT2D eigenvalue weighted by Gasteiger charge is -2.20. The summed E-state index contributed by atoms with van der Waals surface area (Å²) in [5.41, 5.74) is 10.6. The monoisotopic (exact) mass is 732 g/mol. The molecule has 4 nitrogen and oxygen atoms in total. The van der Waals surface area contributed by atoms with Crippen LogP contribution in [0.1, 0.15) is 0 Å². The molecule has 11 rings (SSSR count). The smallest absolute Gasteiger partial charge is 0.166 e. The van der Waals surface area contributed by atoms with Gasteiger partial charge in [-0.2, -0.15) is 0 Å². The Morgan fingerprint density at radius 3 is 1.61 bits per heavy atom. The first kappa shape index (κ1) is 32.2. The zero-order valence-electron chi connectivity index (χ0n) is 30.2. The van der Waals surface area contributed by atoms with Crippen molar-refractivity contribution >= 4 is 53.3 Å². The second kappa shape index (κ2) is 13.3. The minimum atomic E-state index is 0.611. The SMILES string of the molecule is c1ccc(-c2nc(-c3ccccc3)nc(-c3cccc(-c4ccccc4)c3-n3c4ccccc4c4cccc(-c5ccc6sc7ccccc7c6c5)c43)n2)cc1. The van der Waals surface area contributed by atoms with Gasteiger partial charge in [-0.25, -0.2) is 15.0 Å². The summed E-state index contributed by atoms with van der Waals surface area (Å²) in [5.74, 6) is 1.87. The van der Waals surface area contributed by atoms with Gasteiger partial charge in [0.15, 0.2) is 17.5 Å². The molecule has 0 spiro atoms. The molecule has 0 amide bonds. The zero-order valence-corrected chi connectivity index (χ0v) is 31.0. The molecule has 0 radical (unpaired) electrons. The average molecular weight is 733 g/mol. The summed E-state index contributed by atoms with van der Waals surface area (Å²) in [6.45, 7) is 0. The number of para-hydroxylation sites is 3. The Kier molecular flexibility index (Phi) is 7.64. The van der Waals surface area contributed by atoms with Crippen LogP contribution in [0.4, 0.5) is 0 Å². The van der Waals surface area contributed by atoms with Crippen LogP contribution in [0.2, 0.25) is 0 Å². The van der Waals surface area contributed by atoms with Crippen molar-refractivity contribution in [3.63, 3.8) is 0 Å². The summed E-state index contributed by atoms with van der Waals surface area (Å²) in [6.07, 6.45) is 0. The van der Waals surface area contributed by atoms with Gasteiger partial charge in [0.2, 0.25) is 0 Å². The highest BCUT2D eigenvalue weighted by molar-refractivity contribution is 7.25. The molecule has 0 aliphatic carbocycles. The van der Waals surface area contributed by atoms with E-state index >= 15 is 0 Å². The summed E-state index contributed by atoms with van der Waals surface area (Å²) in [4.78, 5) is 15.6. The van der Waals surface area contributed by atoms with Crippen LogP contribution in [0, 0.1) is 0 Å². The van der Waals surface area contributed by atoms with Gasteiger partial charge in [-0.15, -0.1) is 11.3 Å². The van der Waals surface area contributed by atoms with Crippen molar-refractivity contribution < 1.29 is 0 Å². The largest absolute Gasteiger partial charge is 0.307 e. The first-order valence-electron chi connectivity index (χ1n) is 18.8. The van der Waals surface area contributed by atoms with Crippen LogP contribution in [-0.2, 0) is 0 Å². The van der Waals surface area contributed by atoms with Gasteiger partial charge < -0.3 is 4.57 Å². The Morgan fingerprint density at radius 1 is 0.339 bits per heavy atom. The third kappa shape index (κ3) is 5.32. The molecule has 56 heavy (non-hydrogen) atoms. The maximum atomic E-state index is 5.27. The van der Waals surface area contributed by atoms with E-state index in [1.807, 2.05) is 47.7 Å². The number of hydrogen-bond acceptors (Lipinski definition) is 4. The molecule has 0 atom stereocenters. The fourth-order valence-corrected chi connectivity index (χ4v) is 9.21. The number of benzene rings is 8. The number of rotatable bonds is 6. The minimum Gasteiger partial charge on any atom is -0.307 e. The van der Waals surface area contributed by atoms with Gasteiger partial charge in [0.05, 0.1) is 16.7 Å². The van der Waals surface area contributed by atoms with Crippen molar-refractivity contribution in [2.45, 2.75) is 0 Å². The van der Waals surface area contributed by atoms with Crippen LogP contribution in [0.15, 0.2) is 194 Å². The molecule has 5 heteroatoms. The first-order valence-corrected chi connectivity index (χ1v) is 19.6. The molecule has 8 aromatic carbocycles. The summed E-state index contributed by atoms with van der Waals surface area (Å²) >= 11 is 1.85. The highest BCUT2D eigenvalue weighted by Gasteiger charge is 2.24. The molecule has 0 N–H and O–H groups in total. The highest BCUT2D eigenvalue weighted by atomic mass is 32.1. The third-order valence-electron chi connectivity index (χ3n) is 10.7. The van der Waals surface area contributed by atoms with Crippen LogP contribution >= 0.6 is 11.3 Å². The minimum absolute atomic E-state index is 0.611. The molecule has 0 saturated carbocycles. The summed E-state index contributed by atoms with van der Waals surface area (Å²) in [7, 11) is 0. The Bertz CT molecular complexity index is 3180. The van der Waals surface area contributed by atoms with Gasteiger partial charge in [-0.1, -0.05) is 164 Å². The van der Waals surface area contributed by atoms with Crippen molar-refractivity contribution in [3.05, 3.63) is 194 Å². The van der Waals surface area contributed by atoms with Crippen molar-refractivity contribution in [1.29, 1.82) is 0 Å². The van der Waals surface area contributed by atoms with E-state index in [4.69, 9.17) is 15.0 Å². The molecule has 262 valence electrons. The molecular weight excluding hydrogens is 701 g/mol. The van der Waals surface area contributed by atoms with E-state index in [0.717, 1.165) is 50.1 Å². The fourth-order valence-electron chi connectivity index (χ4n) is 8.12. The van der Waals surface area contributed by atoms with Crippen molar-refractivity contribution in [2.24, 2.45) is 0 Å². The summed E-state index contributed by atoms with van der Waals surface area (Å²) in [5, 5.41) is 4.94. The van der Waals surface area contributed by atoms with E-state index in [1.54, 1.807) is 0 Å². The Balaban J connectivity index is 1.26. The third-order valence-corrected chi connectivity index (χ3v) is 11.8. The van der Waals surface area contributed by atoms with Gasteiger partial charge in [0.25, 0.3) is 0 Å². The predicted octanol–water partition coefficient (Wildman–Crippen LogP) is 13.7. The number of thiophene rings is 1. The quantitative estimate of drug-likeness (QED) is 0.171. The molecule has 0 aliphatic heterocycles. The molecule has 0 fully saturated rings. The molecule has 3 heterocycles. The topological polar surface area (TPSA) is 43.6 Å². The van der Waals surface area contributed by atoms with Crippen molar-refractivity contribution in [2.75, 3.05) is 0 Å². The Labute approximate surface area is 327 Å². The lowest BCUT2D eigenvalue weighted by atomic mass is 9.97. The summed E-state index contributed by atoms with van der Waals surface area (Å²) in [6, 6.07) is 68.6. The first-order chi connectivity index (χ1) is 27.8. The van der Waals surface area contributed by atoms with E-state index in [0.29, 0.717) is 17.5 Å². The molecular formula is C51H32N4S. The van der Waals surface area contributed by atoms with Gasteiger partial charge in [-0.05, 0) is 41.5 Å². The maximum absolute atomic E-state index is 5.27. The number of fused-ring (bicyclic) bond motifs is 6. The normalized spacial score (nSPS) is 11.6. The second-order valence-corrected chi connectivity index (χ2v) is 15.1. The highest BCUT2D eigenvalue weighted by Crippen LogP contribution is 2.45. The van der Waals surface area contributed by atoms with Crippen LogP contribution in [0.25, 0.3) is 104 Å². The number of hydrogen-bond donors (Lipinski definition) is 0. The van der Waals surface area contributed by atoms with Crippen molar-refractivity contribution in [3.8, 4) is 62.1 Å². The van der Waals surface area contributed by atoms with Crippen LogP contribution in [-0.4, -0.2) is 19.5 Å². The Morgan fingerprint density at radius 2 is 0.875 bits per heavy atom. The molecule has 11 aromatic rings. The van der Waals surface area contributed by atoms with Gasteiger partial charge in [-0.3, -0.25) is 0 Å². The van der Waals surface area contributed by atoms with Crippen LogP contribution in [0.3, 0.4) is 0 Å². The van der Waals surface area contributed by atoms with Crippen molar-refractivity contribution in [1.82, 2.24) is 19.5 Å². The lowest BCUT2D eigenvalue weighted by Crippen LogP contribution is -2.05. The summed E-state index contributed by atoms with van der Waals surface area (Å²) < 4.78 is 5.05. The van der Waals surface area contributed by atoms with E-state index in [1.165, 1.54) is 36.5 Å². The standard InChI is InChI=1S/C51H32N4S/c1-4-16-33(17-5-1)37-24-15-27-42(51-53-49(34-18-6-2-7-19-34)52-50(54-51)35-20-8-3-9-21-35)48(37)55-44-28-12-10-22-39(44)41-26-14-25-38(47(41)55)36-30-31-46-43(32-36)40-23-11-13-29-45(40)56-46/h1-32H. The van der Waals surface area contributed by atoms with Gasteiger partial charge in [0.1, 0.15) is 0 Å². The van der Waals surface area contributed by atoms with E-state index in [2.05, 4.69) is 162 Å². The van der Waals surface area contributed by atoms with E-state index in [9.17, 15) is 0 Å². The molecule has 3 aromatic heterocycles. The van der Waals surface area contributed by atoms with Crippen LogP contribution in [0.5, 0.6) is 0 Å².